The van der Waals surface area contributed by atoms with E-state index in [2.05, 4.69) is 10.9 Å². The molecule has 3 aromatic carbocycles. The molecule has 7 nitrogen and oxygen atoms in total. The molecule has 172 valence electrons. The number of carbonyl (C=O) groups is 2. The van der Waals surface area contributed by atoms with Gasteiger partial charge in [0.15, 0.2) is 15.6 Å². The molecule has 0 bridgehead atoms. The first-order chi connectivity index (χ1) is 16.4. The highest BCUT2D eigenvalue weighted by molar-refractivity contribution is 7.90. The Morgan fingerprint density at radius 1 is 0.706 bits per heavy atom. The highest BCUT2D eigenvalue weighted by Crippen LogP contribution is 2.20. The van der Waals surface area contributed by atoms with Crippen molar-refractivity contribution in [3.05, 3.63) is 114 Å². The molecule has 2 amide bonds. The second kappa shape index (κ2) is 10.2. The molecule has 0 aliphatic heterocycles. The van der Waals surface area contributed by atoms with Crippen molar-refractivity contribution in [2.45, 2.75) is 17.1 Å². The van der Waals surface area contributed by atoms with Crippen LogP contribution in [0.15, 0.2) is 106 Å². The van der Waals surface area contributed by atoms with Crippen molar-refractivity contribution in [2.24, 2.45) is 0 Å². The van der Waals surface area contributed by atoms with E-state index in [1.807, 2.05) is 54.6 Å². The summed E-state index contributed by atoms with van der Waals surface area (Å²) < 4.78 is 30.3. The van der Waals surface area contributed by atoms with Crippen LogP contribution in [0, 0.1) is 0 Å². The molecule has 8 heteroatoms. The van der Waals surface area contributed by atoms with Gasteiger partial charge in [0, 0.05) is 0 Å². The van der Waals surface area contributed by atoms with Crippen LogP contribution in [0.2, 0.25) is 0 Å². The maximum atomic E-state index is 12.5. The maximum absolute atomic E-state index is 12.5. The predicted molar refractivity (Wildman–Crippen MR) is 127 cm³/mol. The van der Waals surface area contributed by atoms with Crippen molar-refractivity contribution in [1.82, 2.24) is 10.9 Å². The first-order valence-corrected chi connectivity index (χ1v) is 12.2. The van der Waals surface area contributed by atoms with Gasteiger partial charge in [-0.2, -0.15) is 0 Å². The van der Waals surface area contributed by atoms with Crippen LogP contribution in [0.1, 0.15) is 21.9 Å². The van der Waals surface area contributed by atoms with Gasteiger partial charge in [0.05, 0.1) is 11.3 Å². The van der Waals surface area contributed by atoms with Gasteiger partial charge in [-0.1, -0.05) is 72.8 Å². The van der Waals surface area contributed by atoms with Crippen molar-refractivity contribution in [3.8, 4) is 11.1 Å². The van der Waals surface area contributed by atoms with E-state index in [9.17, 15) is 18.0 Å². The summed E-state index contributed by atoms with van der Waals surface area (Å²) in [5.41, 5.74) is 7.54. The minimum absolute atomic E-state index is 0.0775. The summed E-state index contributed by atoms with van der Waals surface area (Å²) in [5, 5.41) is 0. The van der Waals surface area contributed by atoms with E-state index in [1.165, 1.54) is 24.3 Å². The van der Waals surface area contributed by atoms with E-state index in [0.29, 0.717) is 0 Å². The zero-order valence-corrected chi connectivity index (χ0v) is 18.9. The number of hydrazine groups is 1. The third-order valence-electron chi connectivity index (χ3n) is 5.06. The highest BCUT2D eigenvalue weighted by Gasteiger charge is 2.19. The van der Waals surface area contributed by atoms with Crippen molar-refractivity contribution in [2.75, 3.05) is 0 Å². The number of rotatable bonds is 7. The smallest absolute Gasteiger partial charge is 0.305 e. The van der Waals surface area contributed by atoms with Crippen LogP contribution in [0.3, 0.4) is 0 Å². The van der Waals surface area contributed by atoms with E-state index in [-0.39, 0.29) is 28.6 Å². The molecule has 0 radical (unpaired) electrons. The molecule has 0 aliphatic carbocycles. The third kappa shape index (κ3) is 5.79. The minimum atomic E-state index is -3.60. The second-order valence-corrected chi connectivity index (χ2v) is 9.57. The van der Waals surface area contributed by atoms with E-state index in [0.717, 1.165) is 16.7 Å². The van der Waals surface area contributed by atoms with Gasteiger partial charge >= 0.3 is 5.91 Å². The molecule has 0 atom stereocenters. The molecule has 4 rings (SSSR count). The summed E-state index contributed by atoms with van der Waals surface area (Å²) in [6.07, 6.45) is 0.0775. The average molecular weight is 475 g/mol. The minimum Gasteiger partial charge on any atom is -0.455 e. The topological polar surface area (TPSA) is 105 Å². The van der Waals surface area contributed by atoms with Crippen molar-refractivity contribution in [3.63, 3.8) is 0 Å². The van der Waals surface area contributed by atoms with Crippen molar-refractivity contribution in [1.29, 1.82) is 0 Å². The summed E-state index contributed by atoms with van der Waals surface area (Å²) in [7, 11) is -3.60. The zero-order chi connectivity index (χ0) is 24.0. The quantitative estimate of drug-likeness (QED) is 0.395. The number of amides is 2. The van der Waals surface area contributed by atoms with Gasteiger partial charge in [-0.15, -0.1) is 0 Å². The fourth-order valence-corrected chi connectivity index (χ4v) is 4.61. The van der Waals surface area contributed by atoms with Crippen LogP contribution in [-0.2, 0) is 26.8 Å². The van der Waals surface area contributed by atoms with Gasteiger partial charge in [-0.25, -0.2) is 8.42 Å². The Balaban J connectivity index is 1.29. The van der Waals surface area contributed by atoms with Crippen LogP contribution in [0.25, 0.3) is 11.1 Å². The van der Waals surface area contributed by atoms with Crippen molar-refractivity contribution < 1.29 is 22.4 Å². The lowest BCUT2D eigenvalue weighted by Crippen LogP contribution is -2.42. The Labute approximate surface area is 197 Å². The molecular formula is C26H22N2O5S. The lowest BCUT2D eigenvalue weighted by molar-refractivity contribution is -0.121. The molecule has 0 fully saturated rings. The van der Waals surface area contributed by atoms with Gasteiger partial charge in [0.2, 0.25) is 5.91 Å². The van der Waals surface area contributed by atoms with Crippen LogP contribution in [-0.4, -0.2) is 20.2 Å². The molecule has 0 saturated carbocycles. The molecule has 2 N–H and O–H groups in total. The lowest BCUT2D eigenvalue weighted by atomic mass is 10.0. The summed E-state index contributed by atoms with van der Waals surface area (Å²) in [6, 6.07) is 28.2. The molecule has 1 heterocycles. The standard InChI is InChI=1S/C26H22N2O5S/c29-25(17-19-11-13-21(14-12-19)20-7-3-1-4-8-20)27-28-26(30)24-16-15-22(33-24)18-34(31,32)23-9-5-2-6-10-23/h1-16H,17-18H2,(H,27,29)(H,28,30). The Bertz CT molecular complexity index is 1380. The molecular weight excluding hydrogens is 452 g/mol. The molecule has 0 spiro atoms. The van der Waals surface area contributed by atoms with E-state index < -0.39 is 21.7 Å². The fraction of sp³-hybridized carbons (Fsp3) is 0.0769. The predicted octanol–water partition coefficient (Wildman–Crippen LogP) is 3.92. The number of furan rings is 1. The van der Waals surface area contributed by atoms with E-state index in [1.54, 1.807) is 18.2 Å². The molecule has 34 heavy (non-hydrogen) atoms. The summed E-state index contributed by atoms with van der Waals surface area (Å²) in [4.78, 5) is 24.7. The first kappa shape index (κ1) is 23.0. The summed E-state index contributed by atoms with van der Waals surface area (Å²) in [5.74, 6) is -1.45. The Morgan fingerprint density at radius 3 is 2.00 bits per heavy atom. The lowest BCUT2D eigenvalue weighted by Gasteiger charge is -2.07. The second-order valence-electron chi connectivity index (χ2n) is 7.58. The Morgan fingerprint density at radius 2 is 1.32 bits per heavy atom. The monoisotopic (exact) mass is 474 g/mol. The summed E-state index contributed by atoms with van der Waals surface area (Å²) in [6.45, 7) is 0. The van der Waals surface area contributed by atoms with Gasteiger partial charge in [0.1, 0.15) is 11.5 Å². The molecule has 0 unspecified atom stereocenters. The van der Waals surface area contributed by atoms with Crippen molar-refractivity contribution >= 4 is 21.7 Å². The largest absolute Gasteiger partial charge is 0.455 e. The van der Waals surface area contributed by atoms with E-state index >= 15 is 0 Å². The van der Waals surface area contributed by atoms with Gasteiger partial charge < -0.3 is 4.42 Å². The highest BCUT2D eigenvalue weighted by atomic mass is 32.2. The van der Waals surface area contributed by atoms with Crippen LogP contribution in [0.5, 0.6) is 0 Å². The molecule has 4 aromatic rings. The number of sulfone groups is 1. The maximum Gasteiger partial charge on any atom is 0.305 e. The zero-order valence-electron chi connectivity index (χ0n) is 18.1. The average Bonchev–Trinajstić information content (AvgIpc) is 3.32. The third-order valence-corrected chi connectivity index (χ3v) is 6.72. The van der Waals surface area contributed by atoms with Gasteiger partial charge in [-0.05, 0) is 41.0 Å². The summed E-state index contributed by atoms with van der Waals surface area (Å²) >= 11 is 0. The van der Waals surface area contributed by atoms with E-state index in [4.69, 9.17) is 4.42 Å². The fourth-order valence-electron chi connectivity index (χ4n) is 3.34. The van der Waals surface area contributed by atoms with Gasteiger partial charge in [0.25, 0.3) is 0 Å². The van der Waals surface area contributed by atoms with Crippen LogP contribution < -0.4 is 10.9 Å². The SMILES string of the molecule is O=C(Cc1ccc(-c2ccccc2)cc1)NNC(=O)c1ccc(CS(=O)(=O)c2ccccc2)o1. The number of benzene rings is 3. The first-order valence-electron chi connectivity index (χ1n) is 10.5. The van der Waals surface area contributed by atoms with Crippen LogP contribution in [0.4, 0.5) is 0 Å². The number of nitrogens with one attached hydrogen (secondary N) is 2. The molecule has 1 aromatic heterocycles. The Hall–Kier alpha value is -4.17. The van der Waals surface area contributed by atoms with Crippen LogP contribution >= 0.6 is 0 Å². The normalized spacial score (nSPS) is 11.1. The van der Waals surface area contributed by atoms with Gasteiger partial charge in [-0.3, -0.25) is 20.4 Å². The molecule has 0 saturated heterocycles. The number of hydrogen-bond donors (Lipinski definition) is 2. The number of carbonyl (C=O) groups excluding carboxylic acids is 2. The Kier molecular flexibility index (Phi) is 6.89. The molecule has 0 aliphatic rings. The number of hydrogen-bond acceptors (Lipinski definition) is 5.